The lowest BCUT2D eigenvalue weighted by Gasteiger charge is -2.24. The van der Waals surface area contributed by atoms with E-state index in [1.54, 1.807) is 6.07 Å². The van der Waals surface area contributed by atoms with Crippen molar-refractivity contribution in [3.63, 3.8) is 0 Å². The van der Waals surface area contributed by atoms with E-state index in [2.05, 4.69) is 15.4 Å². The van der Waals surface area contributed by atoms with Crippen LogP contribution in [0, 0.1) is 0 Å². The van der Waals surface area contributed by atoms with Crippen LogP contribution in [0.3, 0.4) is 0 Å². The van der Waals surface area contributed by atoms with E-state index in [1.165, 1.54) is 16.5 Å². The minimum atomic E-state index is -0.278. The number of rotatable bonds is 3. The SMILES string of the molecule is Cn1ncc2c1CCCC2NC(=O)Cn1c(=O)cnc2ccccc21. The first-order valence-electron chi connectivity index (χ1n) is 8.38. The quantitative estimate of drug-likeness (QED) is 0.781. The summed E-state index contributed by atoms with van der Waals surface area (Å²) in [6.07, 6.45) is 5.96. The van der Waals surface area contributed by atoms with Gasteiger partial charge in [-0.05, 0) is 31.4 Å². The maximum atomic E-state index is 12.6. The average Bonchev–Trinajstić information content (AvgIpc) is 3.00. The third kappa shape index (κ3) is 2.82. The summed E-state index contributed by atoms with van der Waals surface area (Å²) in [7, 11) is 1.92. The minimum Gasteiger partial charge on any atom is -0.348 e. The average molecular weight is 337 g/mol. The van der Waals surface area contributed by atoms with Gasteiger partial charge in [-0.15, -0.1) is 0 Å². The molecule has 0 spiro atoms. The van der Waals surface area contributed by atoms with Gasteiger partial charge in [0.1, 0.15) is 6.54 Å². The second-order valence-electron chi connectivity index (χ2n) is 6.35. The first kappa shape index (κ1) is 15.6. The predicted molar refractivity (Wildman–Crippen MR) is 93.0 cm³/mol. The Morgan fingerprint density at radius 2 is 2.16 bits per heavy atom. The third-order valence-corrected chi connectivity index (χ3v) is 4.77. The summed E-state index contributed by atoms with van der Waals surface area (Å²) >= 11 is 0. The molecule has 1 unspecified atom stereocenters. The molecule has 0 saturated heterocycles. The first-order valence-corrected chi connectivity index (χ1v) is 8.38. The predicted octanol–water partition coefficient (Wildman–Crippen LogP) is 1.32. The van der Waals surface area contributed by atoms with E-state index in [0.717, 1.165) is 24.8 Å². The van der Waals surface area contributed by atoms with Crippen molar-refractivity contribution in [3.05, 3.63) is 58.3 Å². The molecule has 0 aliphatic heterocycles. The van der Waals surface area contributed by atoms with Gasteiger partial charge in [0, 0.05) is 18.3 Å². The summed E-state index contributed by atoms with van der Waals surface area (Å²) in [5, 5.41) is 7.35. The number of nitrogens with one attached hydrogen (secondary N) is 1. The number of hydrogen-bond acceptors (Lipinski definition) is 4. The van der Waals surface area contributed by atoms with Gasteiger partial charge >= 0.3 is 0 Å². The van der Waals surface area contributed by atoms with Gasteiger partial charge in [-0.25, -0.2) is 4.98 Å². The molecule has 1 atom stereocenters. The Balaban J connectivity index is 1.58. The molecule has 3 aromatic rings. The highest BCUT2D eigenvalue weighted by Gasteiger charge is 2.25. The minimum absolute atomic E-state index is 0.0199. The van der Waals surface area contributed by atoms with Crippen LogP contribution in [-0.2, 0) is 24.8 Å². The topological polar surface area (TPSA) is 81.8 Å². The number of aromatic nitrogens is 4. The van der Waals surface area contributed by atoms with Crippen LogP contribution in [0.4, 0.5) is 0 Å². The number of amides is 1. The van der Waals surface area contributed by atoms with Gasteiger partial charge < -0.3 is 5.32 Å². The second-order valence-corrected chi connectivity index (χ2v) is 6.35. The van der Waals surface area contributed by atoms with Crippen LogP contribution in [-0.4, -0.2) is 25.2 Å². The van der Waals surface area contributed by atoms with Crippen LogP contribution in [0.1, 0.15) is 30.1 Å². The van der Waals surface area contributed by atoms with Gasteiger partial charge in [0.25, 0.3) is 5.56 Å². The molecule has 7 nitrogen and oxygen atoms in total. The van der Waals surface area contributed by atoms with Crippen molar-refractivity contribution in [1.82, 2.24) is 24.6 Å². The Labute approximate surface area is 144 Å². The van der Waals surface area contributed by atoms with Crippen LogP contribution in [0.15, 0.2) is 41.5 Å². The number of hydrogen-bond donors (Lipinski definition) is 1. The van der Waals surface area contributed by atoms with Gasteiger partial charge in [-0.3, -0.25) is 18.8 Å². The first-order chi connectivity index (χ1) is 12.1. The smallest absolute Gasteiger partial charge is 0.269 e. The van der Waals surface area contributed by atoms with Crippen molar-refractivity contribution >= 4 is 16.9 Å². The number of para-hydroxylation sites is 2. The van der Waals surface area contributed by atoms with Crippen molar-refractivity contribution < 1.29 is 4.79 Å². The van der Waals surface area contributed by atoms with Crippen molar-refractivity contribution in [1.29, 1.82) is 0 Å². The highest BCUT2D eigenvalue weighted by atomic mass is 16.2. The fourth-order valence-electron chi connectivity index (χ4n) is 3.52. The van der Waals surface area contributed by atoms with Crippen molar-refractivity contribution in [2.24, 2.45) is 7.05 Å². The van der Waals surface area contributed by atoms with Gasteiger partial charge in [0.15, 0.2) is 0 Å². The maximum Gasteiger partial charge on any atom is 0.269 e. The summed E-state index contributed by atoms with van der Waals surface area (Å²) in [5.74, 6) is -0.180. The maximum absolute atomic E-state index is 12.6. The molecule has 1 aliphatic rings. The third-order valence-electron chi connectivity index (χ3n) is 4.77. The van der Waals surface area contributed by atoms with Gasteiger partial charge in [-0.2, -0.15) is 5.10 Å². The molecule has 4 rings (SSSR count). The molecule has 2 heterocycles. The molecule has 0 saturated carbocycles. The summed E-state index contributed by atoms with van der Waals surface area (Å²) in [6.45, 7) is -0.0199. The Kier molecular flexibility index (Phi) is 3.83. The zero-order valence-corrected chi connectivity index (χ0v) is 14.0. The zero-order valence-electron chi connectivity index (χ0n) is 14.0. The van der Waals surface area contributed by atoms with E-state index in [9.17, 15) is 9.59 Å². The molecule has 0 radical (unpaired) electrons. The Hall–Kier alpha value is -2.96. The number of benzene rings is 1. The molecular formula is C18H19N5O2. The molecule has 128 valence electrons. The van der Waals surface area contributed by atoms with Gasteiger partial charge in [0.05, 0.1) is 29.5 Å². The summed E-state index contributed by atoms with van der Waals surface area (Å²) in [4.78, 5) is 28.9. The van der Waals surface area contributed by atoms with Crippen LogP contribution in [0.2, 0.25) is 0 Å². The molecule has 1 aliphatic carbocycles. The Morgan fingerprint density at radius 1 is 1.32 bits per heavy atom. The van der Waals surface area contributed by atoms with E-state index in [1.807, 2.05) is 36.1 Å². The molecule has 1 aromatic carbocycles. The molecule has 25 heavy (non-hydrogen) atoms. The van der Waals surface area contributed by atoms with E-state index in [4.69, 9.17) is 0 Å². The number of fused-ring (bicyclic) bond motifs is 2. The lowest BCUT2D eigenvalue weighted by Crippen LogP contribution is -2.36. The Bertz CT molecular complexity index is 1000. The van der Waals surface area contributed by atoms with Gasteiger partial charge in [0.2, 0.25) is 5.91 Å². The molecule has 0 fully saturated rings. The fraction of sp³-hybridized carbons (Fsp3) is 0.333. The highest BCUT2D eigenvalue weighted by Crippen LogP contribution is 2.29. The van der Waals surface area contributed by atoms with Gasteiger partial charge in [-0.1, -0.05) is 12.1 Å². The van der Waals surface area contributed by atoms with Crippen molar-refractivity contribution in [2.45, 2.75) is 31.8 Å². The number of carbonyl (C=O) groups is 1. The zero-order chi connectivity index (χ0) is 17.4. The van der Waals surface area contributed by atoms with Crippen LogP contribution in [0.25, 0.3) is 11.0 Å². The fourth-order valence-corrected chi connectivity index (χ4v) is 3.52. The highest BCUT2D eigenvalue weighted by molar-refractivity contribution is 5.80. The molecule has 2 aromatic heterocycles. The second kappa shape index (κ2) is 6.16. The van der Waals surface area contributed by atoms with Crippen LogP contribution in [0.5, 0.6) is 0 Å². The lowest BCUT2D eigenvalue weighted by atomic mass is 9.93. The summed E-state index contributed by atoms with van der Waals surface area (Å²) < 4.78 is 3.33. The molecule has 7 heteroatoms. The summed E-state index contributed by atoms with van der Waals surface area (Å²) in [6, 6.07) is 7.27. The summed E-state index contributed by atoms with van der Waals surface area (Å²) in [5.41, 5.74) is 3.33. The largest absolute Gasteiger partial charge is 0.348 e. The number of aryl methyl sites for hydroxylation is 1. The Morgan fingerprint density at radius 3 is 3.04 bits per heavy atom. The molecule has 0 bridgehead atoms. The van der Waals surface area contributed by atoms with Crippen molar-refractivity contribution in [2.75, 3.05) is 0 Å². The monoisotopic (exact) mass is 337 g/mol. The van der Waals surface area contributed by atoms with Crippen molar-refractivity contribution in [3.8, 4) is 0 Å². The van der Waals surface area contributed by atoms with E-state index in [-0.39, 0.29) is 24.1 Å². The van der Waals surface area contributed by atoms with E-state index >= 15 is 0 Å². The molecule has 1 N–H and O–H groups in total. The normalized spacial score (nSPS) is 16.6. The van der Waals surface area contributed by atoms with Crippen LogP contribution >= 0.6 is 0 Å². The van der Waals surface area contributed by atoms with E-state index in [0.29, 0.717) is 11.0 Å². The standard InChI is InChI=1S/C18H19N5O2/c1-22-15-8-4-6-13(12(15)9-20-22)21-17(24)11-23-16-7-3-2-5-14(16)19-10-18(23)25/h2-3,5,7,9-10,13H,4,6,8,11H2,1H3,(H,21,24). The van der Waals surface area contributed by atoms with Crippen LogP contribution < -0.4 is 10.9 Å². The lowest BCUT2D eigenvalue weighted by molar-refractivity contribution is -0.122. The number of carbonyl (C=O) groups excluding carboxylic acids is 1. The molecular weight excluding hydrogens is 318 g/mol. The van der Waals surface area contributed by atoms with E-state index < -0.39 is 0 Å². The molecule has 1 amide bonds. The number of nitrogens with zero attached hydrogens (tertiary/aromatic N) is 4.